The number of hydrogen-bond donors (Lipinski definition) is 0. The molecule has 4 aliphatic carbocycles. The first-order valence-corrected chi connectivity index (χ1v) is 24.2. The highest BCUT2D eigenvalue weighted by molar-refractivity contribution is 5.97. The Morgan fingerprint density at radius 1 is 0.250 bits per heavy atom. The lowest BCUT2D eigenvalue weighted by Gasteiger charge is -2.31. The number of para-hydroxylation sites is 1. The molecule has 0 atom stereocenters. The molecular weight excluding hydrogens is 819 g/mol. The molecule has 0 radical (unpaired) electrons. The molecule has 0 aliphatic heterocycles. The number of anilines is 3. The summed E-state index contributed by atoms with van der Waals surface area (Å²) in [4.78, 5) is 2.50. The molecule has 10 aromatic carbocycles. The quantitative estimate of drug-likeness (QED) is 0.167. The van der Waals surface area contributed by atoms with Crippen LogP contribution < -0.4 is 4.90 Å². The standard InChI is InChI=1S/C67H49N/c1-65(2)56-25-13-8-21-48(56)53-36-32-45(40-61(53)65)68(64-29-17-12-20-47(64)42-18-6-5-7-19-42)46-33-37-54-52-34-30-43(38-60(52)66(3,4)62(54)41-46)44-31-35-55-51-24-11-16-28-59(51)67(63(55)39-44)57-26-14-9-22-49(57)50-23-10-15-27-58(50)67/h5-41H,1-4H3. The number of hydrogen-bond acceptors (Lipinski definition) is 1. The molecule has 1 nitrogen and oxygen atoms in total. The Labute approximate surface area is 399 Å². The van der Waals surface area contributed by atoms with Crippen LogP contribution in [-0.2, 0) is 16.2 Å². The van der Waals surface area contributed by atoms with Crippen molar-refractivity contribution >= 4 is 17.1 Å². The van der Waals surface area contributed by atoms with Gasteiger partial charge in [-0.2, -0.15) is 0 Å². The van der Waals surface area contributed by atoms with Gasteiger partial charge in [0, 0.05) is 27.8 Å². The van der Waals surface area contributed by atoms with E-state index in [0.29, 0.717) is 0 Å². The summed E-state index contributed by atoms with van der Waals surface area (Å²) >= 11 is 0. The van der Waals surface area contributed by atoms with E-state index >= 15 is 0 Å². The first-order valence-electron chi connectivity index (χ1n) is 24.2. The Bertz CT molecular complexity index is 3690. The average Bonchev–Trinajstić information content (AvgIpc) is 4.01. The molecule has 0 fully saturated rings. The first-order chi connectivity index (χ1) is 33.2. The monoisotopic (exact) mass is 867 g/mol. The van der Waals surface area contributed by atoms with Crippen LogP contribution in [-0.4, -0.2) is 0 Å². The summed E-state index contributed by atoms with van der Waals surface area (Å²) in [5.74, 6) is 0. The first kappa shape index (κ1) is 39.2. The Morgan fingerprint density at radius 3 is 1.13 bits per heavy atom. The highest BCUT2D eigenvalue weighted by atomic mass is 15.1. The van der Waals surface area contributed by atoms with Gasteiger partial charge in [-0.1, -0.05) is 210 Å². The minimum Gasteiger partial charge on any atom is -0.310 e. The predicted octanol–water partition coefficient (Wildman–Crippen LogP) is 17.4. The van der Waals surface area contributed by atoms with Gasteiger partial charge in [-0.05, 0) is 148 Å². The Balaban J connectivity index is 0.901. The molecule has 0 saturated carbocycles. The second kappa shape index (κ2) is 14.0. The lowest BCUT2D eigenvalue weighted by atomic mass is 9.70. The number of benzene rings is 10. The fraction of sp³-hybridized carbons (Fsp3) is 0.104. The highest BCUT2D eigenvalue weighted by Gasteiger charge is 2.51. The van der Waals surface area contributed by atoms with E-state index in [1.54, 1.807) is 0 Å². The van der Waals surface area contributed by atoms with Crippen LogP contribution in [0.4, 0.5) is 17.1 Å². The van der Waals surface area contributed by atoms with Gasteiger partial charge in [-0.15, -0.1) is 0 Å². The summed E-state index contributed by atoms with van der Waals surface area (Å²) in [6.07, 6.45) is 0. The van der Waals surface area contributed by atoms with Gasteiger partial charge < -0.3 is 4.90 Å². The molecule has 0 unspecified atom stereocenters. The minimum absolute atomic E-state index is 0.124. The molecule has 0 aromatic heterocycles. The highest BCUT2D eigenvalue weighted by Crippen LogP contribution is 2.63. The van der Waals surface area contributed by atoms with Gasteiger partial charge in [0.25, 0.3) is 0 Å². The summed E-state index contributed by atoms with van der Waals surface area (Å²) in [7, 11) is 0. The van der Waals surface area contributed by atoms with Crippen LogP contribution in [0.2, 0.25) is 0 Å². The molecule has 0 N–H and O–H groups in total. The SMILES string of the molecule is CC1(C)c2ccccc2-c2ccc(N(c3ccc4c(c3)C(C)(C)c3cc(-c5ccc6c(c5)C5(c7ccccc7-c7ccccc75)c5ccccc5-6)ccc3-4)c3ccccc3-c3ccccc3)cc21. The lowest BCUT2D eigenvalue weighted by Crippen LogP contribution is -2.25. The summed E-state index contributed by atoms with van der Waals surface area (Å²) in [6, 6.07) is 84.8. The lowest BCUT2D eigenvalue weighted by molar-refractivity contribution is 0.660. The topological polar surface area (TPSA) is 3.24 Å². The van der Waals surface area contributed by atoms with Crippen molar-refractivity contribution in [3.05, 3.63) is 269 Å². The van der Waals surface area contributed by atoms with Crippen LogP contribution in [0.1, 0.15) is 72.2 Å². The van der Waals surface area contributed by atoms with Crippen molar-refractivity contribution in [3.8, 4) is 66.8 Å². The Morgan fingerprint density at radius 2 is 0.603 bits per heavy atom. The van der Waals surface area contributed by atoms with Gasteiger partial charge in [-0.3, -0.25) is 0 Å². The molecule has 322 valence electrons. The number of fused-ring (bicyclic) bond motifs is 16. The van der Waals surface area contributed by atoms with Crippen LogP contribution in [0.5, 0.6) is 0 Å². The maximum absolute atomic E-state index is 2.52. The second-order valence-corrected chi connectivity index (χ2v) is 20.4. The molecule has 0 bridgehead atoms. The molecule has 0 saturated heterocycles. The van der Waals surface area contributed by atoms with Crippen molar-refractivity contribution in [2.45, 2.75) is 43.9 Å². The summed E-state index contributed by atoms with van der Waals surface area (Å²) in [5.41, 5.74) is 29.2. The van der Waals surface area contributed by atoms with Crippen molar-refractivity contribution < 1.29 is 0 Å². The van der Waals surface area contributed by atoms with Crippen LogP contribution >= 0.6 is 0 Å². The molecule has 14 rings (SSSR count). The van der Waals surface area contributed by atoms with Crippen LogP contribution in [0.3, 0.4) is 0 Å². The zero-order valence-corrected chi connectivity index (χ0v) is 38.8. The van der Waals surface area contributed by atoms with Gasteiger partial charge in [0.05, 0.1) is 11.1 Å². The van der Waals surface area contributed by atoms with E-state index in [0.717, 1.165) is 17.1 Å². The zero-order chi connectivity index (χ0) is 45.5. The normalized spacial score (nSPS) is 15.1. The molecular formula is C67H49N. The van der Waals surface area contributed by atoms with Crippen LogP contribution in [0.15, 0.2) is 224 Å². The maximum atomic E-state index is 2.52. The third-order valence-electron chi connectivity index (χ3n) is 16.3. The van der Waals surface area contributed by atoms with Crippen LogP contribution in [0.25, 0.3) is 66.8 Å². The van der Waals surface area contributed by atoms with Crippen molar-refractivity contribution in [2.24, 2.45) is 0 Å². The van der Waals surface area contributed by atoms with Crippen molar-refractivity contribution in [1.29, 1.82) is 0 Å². The van der Waals surface area contributed by atoms with E-state index in [1.807, 2.05) is 0 Å². The summed E-state index contributed by atoms with van der Waals surface area (Å²) in [6.45, 7) is 9.59. The molecule has 0 heterocycles. The van der Waals surface area contributed by atoms with Gasteiger partial charge in [-0.25, -0.2) is 0 Å². The largest absolute Gasteiger partial charge is 0.310 e. The fourth-order valence-electron chi connectivity index (χ4n) is 13.1. The maximum Gasteiger partial charge on any atom is 0.0725 e. The molecule has 10 aromatic rings. The third kappa shape index (κ3) is 5.17. The van der Waals surface area contributed by atoms with Gasteiger partial charge in [0.2, 0.25) is 0 Å². The molecule has 68 heavy (non-hydrogen) atoms. The van der Waals surface area contributed by atoms with E-state index in [2.05, 4.69) is 257 Å². The molecule has 1 heteroatoms. The van der Waals surface area contributed by atoms with E-state index in [-0.39, 0.29) is 16.2 Å². The van der Waals surface area contributed by atoms with E-state index in [9.17, 15) is 0 Å². The minimum atomic E-state index is -0.374. The number of nitrogens with zero attached hydrogens (tertiary/aromatic N) is 1. The van der Waals surface area contributed by atoms with Crippen LogP contribution in [0, 0.1) is 0 Å². The third-order valence-corrected chi connectivity index (χ3v) is 16.3. The molecule has 0 amide bonds. The Kier molecular flexibility index (Phi) is 8.08. The zero-order valence-electron chi connectivity index (χ0n) is 38.8. The second-order valence-electron chi connectivity index (χ2n) is 20.4. The average molecular weight is 868 g/mol. The smallest absolute Gasteiger partial charge is 0.0725 e. The predicted molar refractivity (Wildman–Crippen MR) is 283 cm³/mol. The number of rotatable bonds is 5. The van der Waals surface area contributed by atoms with E-state index in [4.69, 9.17) is 0 Å². The van der Waals surface area contributed by atoms with Crippen molar-refractivity contribution in [3.63, 3.8) is 0 Å². The van der Waals surface area contributed by atoms with E-state index < -0.39 is 0 Å². The molecule has 1 spiro atoms. The summed E-state index contributed by atoms with van der Waals surface area (Å²) < 4.78 is 0. The van der Waals surface area contributed by atoms with E-state index in [1.165, 1.54) is 111 Å². The van der Waals surface area contributed by atoms with Gasteiger partial charge in [0.1, 0.15) is 0 Å². The molecule has 4 aliphatic rings. The van der Waals surface area contributed by atoms with Gasteiger partial charge in [0.15, 0.2) is 0 Å². The van der Waals surface area contributed by atoms with Crippen molar-refractivity contribution in [2.75, 3.05) is 4.90 Å². The van der Waals surface area contributed by atoms with Gasteiger partial charge >= 0.3 is 0 Å². The Hall–Kier alpha value is -8.00. The van der Waals surface area contributed by atoms with Crippen molar-refractivity contribution in [1.82, 2.24) is 0 Å². The summed E-state index contributed by atoms with van der Waals surface area (Å²) in [5, 5.41) is 0. The fourth-order valence-corrected chi connectivity index (χ4v) is 13.1.